The fourth-order valence-corrected chi connectivity index (χ4v) is 1.55. The second-order valence-corrected chi connectivity index (χ2v) is 3.95. The number of rotatable bonds is 8. The Hall–Kier alpha value is -2.08. The lowest BCUT2D eigenvalue weighted by Crippen LogP contribution is -2.28. The van der Waals surface area contributed by atoms with Gasteiger partial charge in [0.15, 0.2) is 5.78 Å². The minimum absolute atomic E-state index is 0.0120. The lowest BCUT2D eigenvalue weighted by molar-refractivity contribution is 0.0983. The normalized spacial score (nSPS) is 9.95. The summed E-state index contributed by atoms with van der Waals surface area (Å²) >= 11 is 0. The van der Waals surface area contributed by atoms with Gasteiger partial charge in [0, 0.05) is 25.5 Å². The number of carbonyl (C=O) groups excluding carboxylic acids is 1. The standard InChI is InChI=1S/C13H18N4O2/c1-19-10-9-17(16-15)13(14)8-7-12(18)11-5-3-2-4-6-11/h2-6,14-15H,7-10H2,1H3. The average molecular weight is 262 g/mol. The maximum Gasteiger partial charge on any atom is 0.163 e. The molecule has 0 amide bonds. The first-order chi connectivity index (χ1) is 9.19. The number of nitrogens with zero attached hydrogens (tertiary/aromatic N) is 2. The summed E-state index contributed by atoms with van der Waals surface area (Å²) in [5.41, 5.74) is 7.63. The molecule has 1 aromatic carbocycles. The zero-order chi connectivity index (χ0) is 14.1. The summed E-state index contributed by atoms with van der Waals surface area (Å²) in [5.74, 6) is 0.137. The molecule has 0 spiro atoms. The van der Waals surface area contributed by atoms with E-state index in [4.69, 9.17) is 15.7 Å². The van der Waals surface area contributed by atoms with Crippen LogP contribution in [0.25, 0.3) is 0 Å². The van der Waals surface area contributed by atoms with Crippen LogP contribution in [0, 0.1) is 10.9 Å². The van der Waals surface area contributed by atoms with Gasteiger partial charge >= 0.3 is 0 Å². The van der Waals surface area contributed by atoms with Crippen molar-refractivity contribution in [1.82, 2.24) is 5.01 Å². The van der Waals surface area contributed by atoms with Crippen LogP contribution in [-0.2, 0) is 4.74 Å². The second-order valence-electron chi connectivity index (χ2n) is 3.95. The number of Topliss-reactive ketones (excluding diaryl/α,β-unsaturated/α-hetero) is 1. The fraction of sp³-hybridized carbons (Fsp3) is 0.385. The van der Waals surface area contributed by atoms with E-state index >= 15 is 0 Å². The third-order valence-electron chi connectivity index (χ3n) is 2.62. The highest BCUT2D eigenvalue weighted by Crippen LogP contribution is 2.07. The third-order valence-corrected chi connectivity index (χ3v) is 2.62. The number of nitrogens with one attached hydrogen (secondary N) is 2. The van der Waals surface area contributed by atoms with E-state index in [0.717, 1.165) is 0 Å². The summed E-state index contributed by atoms with van der Waals surface area (Å²) in [6, 6.07) is 8.97. The Morgan fingerprint density at radius 3 is 2.58 bits per heavy atom. The number of carbonyl (C=O) groups is 1. The molecule has 0 aliphatic carbocycles. The summed E-state index contributed by atoms with van der Waals surface area (Å²) < 4.78 is 4.87. The Morgan fingerprint density at radius 2 is 2.00 bits per heavy atom. The summed E-state index contributed by atoms with van der Waals surface area (Å²) in [6.45, 7) is 0.732. The van der Waals surface area contributed by atoms with Gasteiger partial charge in [0.25, 0.3) is 0 Å². The van der Waals surface area contributed by atoms with Gasteiger partial charge in [-0.3, -0.25) is 10.2 Å². The molecule has 0 fully saturated rings. The van der Waals surface area contributed by atoms with Gasteiger partial charge in [-0.2, -0.15) is 5.53 Å². The lowest BCUT2D eigenvalue weighted by Gasteiger charge is -2.16. The van der Waals surface area contributed by atoms with Crippen molar-refractivity contribution in [2.75, 3.05) is 20.3 Å². The number of hydrogen-bond acceptors (Lipinski definition) is 5. The van der Waals surface area contributed by atoms with Crippen LogP contribution in [0.5, 0.6) is 0 Å². The van der Waals surface area contributed by atoms with Crippen LogP contribution in [0.4, 0.5) is 0 Å². The first kappa shape index (κ1) is 15.0. The summed E-state index contributed by atoms with van der Waals surface area (Å²) in [7, 11) is 1.55. The number of benzene rings is 1. The molecule has 0 aliphatic rings. The van der Waals surface area contributed by atoms with Gasteiger partial charge < -0.3 is 4.74 Å². The molecule has 0 atom stereocenters. The Morgan fingerprint density at radius 1 is 1.32 bits per heavy atom. The molecule has 0 heterocycles. The Balaban J connectivity index is 2.45. The fourth-order valence-electron chi connectivity index (χ4n) is 1.55. The number of amidine groups is 1. The molecule has 1 rings (SSSR count). The van der Waals surface area contributed by atoms with Crippen molar-refractivity contribution in [3.63, 3.8) is 0 Å². The molecule has 102 valence electrons. The van der Waals surface area contributed by atoms with Crippen molar-refractivity contribution >= 4 is 11.6 Å². The molecule has 0 radical (unpaired) electrons. The van der Waals surface area contributed by atoms with Gasteiger partial charge in [-0.1, -0.05) is 35.6 Å². The van der Waals surface area contributed by atoms with Crippen molar-refractivity contribution in [3.8, 4) is 0 Å². The minimum Gasteiger partial charge on any atom is -0.383 e. The van der Waals surface area contributed by atoms with E-state index in [2.05, 4.69) is 5.22 Å². The highest BCUT2D eigenvalue weighted by atomic mass is 16.5. The molecule has 2 N–H and O–H groups in total. The molecule has 6 heteroatoms. The van der Waals surface area contributed by atoms with E-state index in [1.165, 1.54) is 5.01 Å². The van der Waals surface area contributed by atoms with Gasteiger partial charge in [0.1, 0.15) is 5.84 Å². The molecule has 1 aromatic rings. The van der Waals surface area contributed by atoms with E-state index in [1.54, 1.807) is 19.2 Å². The molecule has 0 saturated heterocycles. The zero-order valence-corrected chi connectivity index (χ0v) is 10.9. The SMILES string of the molecule is COCCN(N=N)C(=N)CCC(=O)c1ccccc1. The first-order valence-corrected chi connectivity index (χ1v) is 5.98. The topological polar surface area (TPSA) is 89.6 Å². The van der Waals surface area contributed by atoms with Crippen molar-refractivity contribution in [1.29, 1.82) is 10.9 Å². The van der Waals surface area contributed by atoms with Gasteiger partial charge in [0.05, 0.1) is 13.2 Å². The molecule has 6 nitrogen and oxygen atoms in total. The van der Waals surface area contributed by atoms with Crippen LogP contribution in [0.3, 0.4) is 0 Å². The van der Waals surface area contributed by atoms with Crippen LogP contribution in [-0.4, -0.2) is 36.9 Å². The maximum atomic E-state index is 11.9. The quantitative estimate of drug-likeness (QED) is 0.248. The van der Waals surface area contributed by atoms with Crippen LogP contribution in [0.2, 0.25) is 0 Å². The van der Waals surface area contributed by atoms with Gasteiger partial charge in [-0.15, -0.1) is 0 Å². The Bertz CT molecular complexity index is 434. The lowest BCUT2D eigenvalue weighted by atomic mass is 10.1. The van der Waals surface area contributed by atoms with Gasteiger partial charge in [0.2, 0.25) is 0 Å². The van der Waals surface area contributed by atoms with Gasteiger partial charge in [-0.25, -0.2) is 5.01 Å². The van der Waals surface area contributed by atoms with Crippen LogP contribution in [0.15, 0.2) is 35.6 Å². The number of ether oxygens (including phenoxy) is 1. The zero-order valence-electron chi connectivity index (χ0n) is 10.9. The molecule has 0 saturated carbocycles. The predicted octanol–water partition coefficient (Wildman–Crippen LogP) is 2.52. The van der Waals surface area contributed by atoms with E-state index in [1.807, 2.05) is 18.2 Å². The van der Waals surface area contributed by atoms with E-state index in [9.17, 15) is 4.79 Å². The summed E-state index contributed by atoms with van der Waals surface area (Å²) in [5, 5.41) is 12.3. The van der Waals surface area contributed by atoms with Crippen molar-refractivity contribution < 1.29 is 9.53 Å². The number of ketones is 1. The molecule has 0 unspecified atom stereocenters. The van der Waals surface area contributed by atoms with Crippen LogP contribution < -0.4 is 0 Å². The van der Waals surface area contributed by atoms with Crippen LogP contribution in [0.1, 0.15) is 23.2 Å². The minimum atomic E-state index is -0.0120. The molecule has 0 bridgehead atoms. The predicted molar refractivity (Wildman–Crippen MR) is 71.5 cm³/mol. The van der Waals surface area contributed by atoms with E-state index < -0.39 is 0 Å². The number of hydrogen-bond donors (Lipinski definition) is 2. The van der Waals surface area contributed by atoms with Crippen molar-refractivity contribution in [3.05, 3.63) is 35.9 Å². The third kappa shape index (κ3) is 4.97. The Labute approximate surface area is 112 Å². The summed E-state index contributed by atoms with van der Waals surface area (Å²) in [4.78, 5) is 11.9. The maximum absolute atomic E-state index is 11.9. The van der Waals surface area contributed by atoms with Gasteiger partial charge in [-0.05, 0) is 0 Å². The second kappa shape index (κ2) is 8.10. The molecule has 19 heavy (non-hydrogen) atoms. The monoisotopic (exact) mass is 262 g/mol. The molecular formula is C13H18N4O2. The Kier molecular flexibility index (Phi) is 6.38. The average Bonchev–Trinajstić information content (AvgIpc) is 2.46. The highest BCUT2D eigenvalue weighted by molar-refractivity contribution is 5.98. The molecular weight excluding hydrogens is 244 g/mol. The van der Waals surface area contributed by atoms with E-state index in [-0.39, 0.29) is 24.5 Å². The molecule has 0 aliphatic heterocycles. The van der Waals surface area contributed by atoms with Crippen LogP contribution >= 0.6 is 0 Å². The van der Waals surface area contributed by atoms with Crippen molar-refractivity contribution in [2.24, 2.45) is 5.22 Å². The smallest absolute Gasteiger partial charge is 0.163 e. The number of methoxy groups -OCH3 is 1. The van der Waals surface area contributed by atoms with Crippen molar-refractivity contribution in [2.45, 2.75) is 12.8 Å². The molecule has 0 aromatic heterocycles. The largest absolute Gasteiger partial charge is 0.383 e. The first-order valence-electron chi connectivity index (χ1n) is 5.98. The highest BCUT2D eigenvalue weighted by Gasteiger charge is 2.11. The summed E-state index contributed by atoms with van der Waals surface area (Å²) in [6.07, 6.45) is 0.502. The van der Waals surface area contributed by atoms with E-state index in [0.29, 0.717) is 18.7 Å².